The van der Waals surface area contributed by atoms with Gasteiger partial charge >= 0.3 is 12.0 Å². The minimum atomic E-state index is -0.768. The summed E-state index contributed by atoms with van der Waals surface area (Å²) >= 11 is 0. The molecule has 2 amide bonds. The standard InChI is InChI=1S/C13H23N3O3/c1-14-4-2-5-15(8-7-14)13(19)16-6-3-11(10-16)9-12(17)18/h11H,2-10H2,1H3,(H,17,18). The molecular formula is C13H23N3O3. The van der Waals surface area contributed by atoms with Crippen molar-refractivity contribution in [3.05, 3.63) is 0 Å². The summed E-state index contributed by atoms with van der Waals surface area (Å²) in [6.07, 6.45) is 1.99. The van der Waals surface area contributed by atoms with E-state index in [0.717, 1.165) is 39.0 Å². The number of likely N-dealkylation sites (N-methyl/N-ethyl adjacent to an activating group) is 1. The molecule has 6 heteroatoms. The Kier molecular flexibility index (Phi) is 4.63. The van der Waals surface area contributed by atoms with Gasteiger partial charge in [-0.1, -0.05) is 0 Å². The third-order valence-corrected chi connectivity index (χ3v) is 4.01. The van der Waals surface area contributed by atoms with Crippen molar-refractivity contribution in [1.29, 1.82) is 0 Å². The first-order chi connectivity index (χ1) is 9.06. The maximum Gasteiger partial charge on any atom is 0.320 e. The van der Waals surface area contributed by atoms with Crippen molar-refractivity contribution in [2.45, 2.75) is 19.3 Å². The zero-order valence-electron chi connectivity index (χ0n) is 11.5. The second-order valence-electron chi connectivity index (χ2n) is 5.63. The van der Waals surface area contributed by atoms with Crippen LogP contribution in [-0.4, -0.2) is 78.1 Å². The van der Waals surface area contributed by atoms with Gasteiger partial charge < -0.3 is 19.8 Å². The van der Waals surface area contributed by atoms with Crippen LogP contribution in [0, 0.1) is 5.92 Å². The maximum absolute atomic E-state index is 12.4. The molecule has 1 unspecified atom stereocenters. The Bertz CT molecular complexity index is 348. The Morgan fingerprint density at radius 2 is 1.89 bits per heavy atom. The second kappa shape index (κ2) is 6.23. The molecule has 0 aliphatic carbocycles. The number of carbonyl (C=O) groups is 2. The number of rotatable bonds is 2. The van der Waals surface area contributed by atoms with Crippen LogP contribution in [0.25, 0.3) is 0 Å². The highest BCUT2D eigenvalue weighted by Gasteiger charge is 2.30. The fraction of sp³-hybridized carbons (Fsp3) is 0.846. The molecule has 2 heterocycles. The molecule has 0 spiro atoms. The summed E-state index contributed by atoms with van der Waals surface area (Å²) in [7, 11) is 2.08. The van der Waals surface area contributed by atoms with Crippen LogP contribution < -0.4 is 0 Å². The number of carboxylic acids is 1. The fourth-order valence-corrected chi connectivity index (χ4v) is 2.86. The van der Waals surface area contributed by atoms with Crippen molar-refractivity contribution in [2.75, 3.05) is 46.3 Å². The topological polar surface area (TPSA) is 64.1 Å². The van der Waals surface area contributed by atoms with Gasteiger partial charge in [-0.05, 0) is 32.4 Å². The van der Waals surface area contributed by atoms with Crippen LogP contribution in [-0.2, 0) is 4.79 Å². The van der Waals surface area contributed by atoms with Crippen molar-refractivity contribution < 1.29 is 14.7 Å². The normalized spacial score (nSPS) is 25.4. The maximum atomic E-state index is 12.4. The van der Waals surface area contributed by atoms with Crippen LogP contribution in [0.5, 0.6) is 0 Å². The molecule has 0 aromatic heterocycles. The molecule has 6 nitrogen and oxygen atoms in total. The predicted molar refractivity (Wildman–Crippen MR) is 71.0 cm³/mol. The van der Waals surface area contributed by atoms with Crippen molar-refractivity contribution in [3.63, 3.8) is 0 Å². The lowest BCUT2D eigenvalue weighted by Gasteiger charge is -2.27. The molecule has 0 aromatic rings. The van der Waals surface area contributed by atoms with Crippen LogP contribution in [0.3, 0.4) is 0 Å². The van der Waals surface area contributed by atoms with Crippen LogP contribution >= 0.6 is 0 Å². The lowest BCUT2D eigenvalue weighted by Crippen LogP contribution is -2.43. The molecule has 2 rings (SSSR count). The van der Waals surface area contributed by atoms with Gasteiger partial charge in [0.05, 0.1) is 0 Å². The molecule has 0 saturated carbocycles. The first-order valence-electron chi connectivity index (χ1n) is 7.00. The van der Waals surface area contributed by atoms with E-state index in [9.17, 15) is 9.59 Å². The zero-order valence-corrected chi connectivity index (χ0v) is 11.5. The van der Waals surface area contributed by atoms with Gasteiger partial charge in [0.15, 0.2) is 0 Å². The molecule has 0 bridgehead atoms. The first-order valence-corrected chi connectivity index (χ1v) is 7.00. The Balaban J connectivity index is 1.84. The second-order valence-corrected chi connectivity index (χ2v) is 5.63. The minimum absolute atomic E-state index is 0.0863. The van der Waals surface area contributed by atoms with E-state index in [-0.39, 0.29) is 18.4 Å². The summed E-state index contributed by atoms with van der Waals surface area (Å²) in [5.74, 6) is -0.646. The van der Waals surface area contributed by atoms with Gasteiger partial charge in [-0.15, -0.1) is 0 Å². The van der Waals surface area contributed by atoms with E-state index in [2.05, 4.69) is 11.9 Å². The molecule has 0 aromatic carbocycles. The highest BCUT2D eigenvalue weighted by molar-refractivity contribution is 5.75. The number of carboxylic acid groups (broad SMARTS) is 1. The van der Waals surface area contributed by atoms with Crippen molar-refractivity contribution in [2.24, 2.45) is 5.92 Å². The molecule has 2 aliphatic heterocycles. The largest absolute Gasteiger partial charge is 0.481 e. The molecule has 108 valence electrons. The van der Waals surface area contributed by atoms with Gasteiger partial charge in [0.2, 0.25) is 0 Å². The van der Waals surface area contributed by atoms with Gasteiger partial charge in [-0.25, -0.2) is 4.79 Å². The molecule has 2 saturated heterocycles. The van der Waals surface area contributed by atoms with E-state index in [1.807, 2.05) is 9.80 Å². The number of hydrogen-bond acceptors (Lipinski definition) is 3. The van der Waals surface area contributed by atoms with E-state index in [4.69, 9.17) is 5.11 Å². The lowest BCUT2D eigenvalue weighted by molar-refractivity contribution is -0.138. The summed E-state index contributed by atoms with van der Waals surface area (Å²) < 4.78 is 0. The van der Waals surface area contributed by atoms with E-state index >= 15 is 0 Å². The number of urea groups is 1. The number of nitrogens with zero attached hydrogens (tertiary/aromatic N) is 3. The minimum Gasteiger partial charge on any atom is -0.481 e. The summed E-state index contributed by atoms with van der Waals surface area (Å²) in [5.41, 5.74) is 0. The van der Waals surface area contributed by atoms with E-state index < -0.39 is 5.97 Å². The monoisotopic (exact) mass is 269 g/mol. The van der Waals surface area contributed by atoms with Crippen LogP contribution in [0.15, 0.2) is 0 Å². The highest BCUT2D eigenvalue weighted by Crippen LogP contribution is 2.21. The Morgan fingerprint density at radius 1 is 1.11 bits per heavy atom. The van der Waals surface area contributed by atoms with Gasteiger partial charge in [-0.3, -0.25) is 4.79 Å². The first kappa shape index (κ1) is 14.1. The molecule has 0 radical (unpaired) electrons. The quantitative estimate of drug-likeness (QED) is 0.794. The number of amides is 2. The van der Waals surface area contributed by atoms with Crippen molar-refractivity contribution in [3.8, 4) is 0 Å². The summed E-state index contributed by atoms with van der Waals surface area (Å²) in [5, 5.41) is 8.79. The molecule has 1 N–H and O–H groups in total. The van der Waals surface area contributed by atoms with E-state index in [1.165, 1.54) is 0 Å². The van der Waals surface area contributed by atoms with E-state index in [1.54, 1.807) is 0 Å². The van der Waals surface area contributed by atoms with Gasteiger partial charge in [0, 0.05) is 39.1 Å². The van der Waals surface area contributed by atoms with Crippen LogP contribution in [0.4, 0.5) is 4.79 Å². The average molecular weight is 269 g/mol. The average Bonchev–Trinajstić information content (AvgIpc) is 2.69. The molecule has 2 fully saturated rings. The van der Waals surface area contributed by atoms with Crippen molar-refractivity contribution >= 4 is 12.0 Å². The predicted octanol–water partition coefficient (Wildman–Crippen LogP) is 0.540. The van der Waals surface area contributed by atoms with Crippen LogP contribution in [0.1, 0.15) is 19.3 Å². The molecule has 2 aliphatic rings. The Morgan fingerprint density at radius 3 is 2.63 bits per heavy atom. The lowest BCUT2D eigenvalue weighted by atomic mass is 10.1. The van der Waals surface area contributed by atoms with Gasteiger partial charge in [0.1, 0.15) is 0 Å². The van der Waals surface area contributed by atoms with Gasteiger partial charge in [-0.2, -0.15) is 0 Å². The molecular weight excluding hydrogens is 246 g/mol. The van der Waals surface area contributed by atoms with Crippen LogP contribution in [0.2, 0.25) is 0 Å². The third kappa shape index (κ3) is 3.83. The Labute approximate surface area is 114 Å². The number of aliphatic carboxylic acids is 1. The summed E-state index contributed by atoms with van der Waals surface area (Å²) in [6, 6.07) is 0.0863. The smallest absolute Gasteiger partial charge is 0.320 e. The summed E-state index contributed by atoms with van der Waals surface area (Å²) in [6.45, 7) is 4.82. The van der Waals surface area contributed by atoms with Crippen molar-refractivity contribution in [1.82, 2.24) is 14.7 Å². The SMILES string of the molecule is CN1CCCN(C(=O)N2CCC(CC(=O)O)C2)CC1. The zero-order chi connectivity index (χ0) is 13.8. The molecule has 19 heavy (non-hydrogen) atoms. The third-order valence-electron chi connectivity index (χ3n) is 4.01. The molecule has 1 atom stereocenters. The number of carbonyl (C=O) groups excluding carboxylic acids is 1. The van der Waals surface area contributed by atoms with E-state index in [0.29, 0.717) is 13.1 Å². The number of hydrogen-bond donors (Lipinski definition) is 1. The fourth-order valence-electron chi connectivity index (χ4n) is 2.86. The number of likely N-dealkylation sites (tertiary alicyclic amines) is 1. The van der Waals surface area contributed by atoms with Gasteiger partial charge in [0.25, 0.3) is 0 Å². The highest BCUT2D eigenvalue weighted by atomic mass is 16.4. The summed E-state index contributed by atoms with van der Waals surface area (Å²) in [4.78, 5) is 29.0. The Hall–Kier alpha value is -1.30.